The van der Waals surface area contributed by atoms with Crippen molar-refractivity contribution < 1.29 is 9.59 Å². The Balaban J connectivity index is 1.72. The molecule has 32 heavy (non-hydrogen) atoms. The van der Waals surface area contributed by atoms with Crippen molar-refractivity contribution in [2.45, 2.75) is 13.1 Å². The van der Waals surface area contributed by atoms with Crippen LogP contribution >= 0.6 is 0 Å². The highest BCUT2D eigenvalue weighted by molar-refractivity contribution is 6.20. The van der Waals surface area contributed by atoms with Gasteiger partial charge in [0, 0.05) is 29.9 Å². The van der Waals surface area contributed by atoms with Crippen LogP contribution in [0.4, 0.5) is 16.2 Å². The number of urea groups is 1. The number of hydrogen-bond acceptors (Lipinski definition) is 4. The lowest BCUT2D eigenvalue weighted by Gasteiger charge is -2.25. The van der Waals surface area contributed by atoms with Gasteiger partial charge in [0.15, 0.2) is 0 Å². The van der Waals surface area contributed by atoms with E-state index in [1.54, 1.807) is 11.0 Å². The van der Waals surface area contributed by atoms with Crippen LogP contribution in [0.2, 0.25) is 0 Å². The number of hydrogen-bond donors (Lipinski definition) is 3. The molecule has 0 saturated heterocycles. The summed E-state index contributed by atoms with van der Waals surface area (Å²) in [6.07, 6.45) is -1.10. The topological polar surface area (TPSA) is 99.8 Å². The molecule has 0 saturated carbocycles. The van der Waals surface area contributed by atoms with E-state index >= 15 is 0 Å². The molecule has 0 aromatic heterocycles. The summed E-state index contributed by atoms with van der Waals surface area (Å²) in [5.74, 6) is -0.340. The number of nitrogens with two attached hydrogens (primary N) is 1. The average molecular weight is 428 g/mol. The van der Waals surface area contributed by atoms with Gasteiger partial charge in [-0.1, -0.05) is 60.7 Å². The molecule has 1 atom stereocenters. The van der Waals surface area contributed by atoms with E-state index in [1.165, 1.54) is 0 Å². The number of fused-ring (bicyclic) bond motifs is 1. The van der Waals surface area contributed by atoms with Gasteiger partial charge in [0.25, 0.3) is 5.91 Å². The van der Waals surface area contributed by atoms with E-state index in [9.17, 15) is 9.59 Å². The molecule has 7 nitrogen and oxygen atoms in total. The molecule has 0 aliphatic carbocycles. The zero-order chi connectivity index (χ0) is 22.5. The van der Waals surface area contributed by atoms with Crippen LogP contribution in [0.15, 0.2) is 83.9 Å². The third-order valence-electron chi connectivity index (χ3n) is 5.15. The van der Waals surface area contributed by atoms with Crippen molar-refractivity contribution in [3.8, 4) is 0 Å². The van der Waals surface area contributed by atoms with Crippen LogP contribution < -0.4 is 21.3 Å². The molecule has 1 unspecified atom stereocenters. The standard InChI is InChI=1S/C25H25N5O2/c1-17-8-7-11-19(16-17)27-25(32)29-23-24(31)30(15-14-26)21-13-6-5-12-20(21)22(28-23)18-9-3-2-4-10-18/h2-13,16,23H,14-15,26H2,1H3,(H2,27,29,32). The van der Waals surface area contributed by atoms with Crippen molar-refractivity contribution in [1.82, 2.24) is 5.32 Å². The minimum absolute atomic E-state index is 0.281. The molecule has 1 heterocycles. The fourth-order valence-corrected chi connectivity index (χ4v) is 3.72. The van der Waals surface area contributed by atoms with Crippen molar-refractivity contribution in [2.24, 2.45) is 10.7 Å². The van der Waals surface area contributed by atoms with E-state index in [-0.39, 0.29) is 12.5 Å². The normalized spacial score (nSPS) is 15.4. The predicted molar refractivity (Wildman–Crippen MR) is 127 cm³/mol. The summed E-state index contributed by atoms with van der Waals surface area (Å²) < 4.78 is 0. The Hall–Kier alpha value is -3.97. The number of anilines is 2. The molecule has 3 amide bonds. The first kappa shape index (κ1) is 21.3. The SMILES string of the molecule is Cc1cccc(NC(=O)NC2N=C(c3ccccc3)c3ccccc3N(CCN)C2=O)c1. The summed E-state index contributed by atoms with van der Waals surface area (Å²) in [7, 11) is 0. The number of benzodiazepines with no additional fused rings is 1. The third kappa shape index (κ3) is 4.53. The van der Waals surface area contributed by atoms with Gasteiger partial charge in [-0.05, 0) is 30.7 Å². The fraction of sp³-hybridized carbons (Fsp3) is 0.160. The number of carbonyl (C=O) groups is 2. The number of benzene rings is 3. The van der Waals surface area contributed by atoms with Crippen molar-refractivity contribution >= 4 is 29.0 Å². The van der Waals surface area contributed by atoms with Gasteiger partial charge in [-0.25, -0.2) is 9.79 Å². The number of rotatable bonds is 5. The molecule has 0 bridgehead atoms. The van der Waals surface area contributed by atoms with Gasteiger partial charge in [-0.15, -0.1) is 0 Å². The third-order valence-corrected chi connectivity index (χ3v) is 5.15. The van der Waals surface area contributed by atoms with Crippen molar-refractivity contribution in [2.75, 3.05) is 23.3 Å². The van der Waals surface area contributed by atoms with Crippen LogP contribution in [-0.2, 0) is 4.79 Å². The van der Waals surface area contributed by atoms with E-state index in [0.717, 1.165) is 16.7 Å². The molecular formula is C25H25N5O2. The van der Waals surface area contributed by atoms with Crippen LogP contribution in [0.5, 0.6) is 0 Å². The zero-order valence-electron chi connectivity index (χ0n) is 17.8. The lowest BCUT2D eigenvalue weighted by Crippen LogP contribution is -2.49. The Labute approximate surface area is 187 Å². The molecule has 3 aromatic rings. The molecule has 162 valence electrons. The second kappa shape index (κ2) is 9.45. The number of nitrogens with zero attached hydrogens (tertiary/aromatic N) is 2. The molecule has 1 aliphatic rings. The largest absolute Gasteiger partial charge is 0.329 e. The van der Waals surface area contributed by atoms with Crippen LogP contribution in [0.1, 0.15) is 16.7 Å². The number of aryl methyl sites for hydroxylation is 1. The number of amides is 3. The van der Waals surface area contributed by atoms with Crippen LogP contribution in [0.25, 0.3) is 0 Å². The van der Waals surface area contributed by atoms with E-state index in [2.05, 4.69) is 10.6 Å². The Morgan fingerprint density at radius 1 is 1.03 bits per heavy atom. The first-order valence-corrected chi connectivity index (χ1v) is 10.4. The second-order valence-electron chi connectivity index (χ2n) is 7.51. The molecule has 1 aliphatic heterocycles. The maximum Gasteiger partial charge on any atom is 0.321 e. The molecule has 0 fully saturated rings. The van der Waals surface area contributed by atoms with E-state index in [0.29, 0.717) is 23.6 Å². The molecule has 3 aromatic carbocycles. The lowest BCUT2D eigenvalue weighted by atomic mass is 10.0. The minimum Gasteiger partial charge on any atom is -0.329 e. The van der Waals surface area contributed by atoms with E-state index in [1.807, 2.05) is 79.7 Å². The molecule has 4 N–H and O–H groups in total. The second-order valence-corrected chi connectivity index (χ2v) is 7.51. The Morgan fingerprint density at radius 2 is 1.78 bits per heavy atom. The van der Waals surface area contributed by atoms with Gasteiger partial charge in [0.2, 0.25) is 6.17 Å². The van der Waals surface area contributed by atoms with Crippen LogP contribution in [0.3, 0.4) is 0 Å². The lowest BCUT2D eigenvalue weighted by molar-refractivity contribution is -0.120. The first-order valence-electron chi connectivity index (χ1n) is 10.4. The van der Waals surface area contributed by atoms with E-state index in [4.69, 9.17) is 10.7 Å². The molecule has 7 heteroatoms. The summed E-state index contributed by atoms with van der Waals surface area (Å²) >= 11 is 0. The van der Waals surface area contributed by atoms with Crippen molar-refractivity contribution in [1.29, 1.82) is 0 Å². The maximum atomic E-state index is 13.4. The van der Waals surface area contributed by atoms with Crippen LogP contribution in [0, 0.1) is 6.92 Å². The average Bonchev–Trinajstić information content (AvgIpc) is 2.90. The summed E-state index contributed by atoms with van der Waals surface area (Å²) in [5, 5.41) is 5.51. The Bertz CT molecular complexity index is 1160. The molecule has 0 radical (unpaired) electrons. The van der Waals surface area contributed by atoms with Gasteiger partial charge in [0.05, 0.1) is 11.4 Å². The maximum absolute atomic E-state index is 13.4. The highest BCUT2D eigenvalue weighted by atomic mass is 16.2. The Kier molecular flexibility index (Phi) is 6.28. The Morgan fingerprint density at radius 3 is 2.53 bits per heavy atom. The monoisotopic (exact) mass is 427 g/mol. The van der Waals surface area contributed by atoms with Crippen molar-refractivity contribution in [3.63, 3.8) is 0 Å². The number of para-hydroxylation sites is 1. The summed E-state index contributed by atoms with van der Waals surface area (Å²) in [5.41, 5.74) is 10.5. The zero-order valence-corrected chi connectivity index (χ0v) is 17.8. The highest BCUT2D eigenvalue weighted by Gasteiger charge is 2.32. The summed E-state index contributed by atoms with van der Waals surface area (Å²) in [4.78, 5) is 32.5. The van der Waals surface area contributed by atoms with E-state index < -0.39 is 12.2 Å². The number of aliphatic imine (C=N–C) groups is 1. The van der Waals surface area contributed by atoms with Crippen LogP contribution in [-0.4, -0.2) is 36.9 Å². The summed E-state index contributed by atoms with van der Waals surface area (Å²) in [6.45, 7) is 2.53. The van der Waals surface area contributed by atoms with Crippen molar-refractivity contribution in [3.05, 3.63) is 95.6 Å². The number of nitrogens with one attached hydrogen (secondary N) is 2. The smallest absolute Gasteiger partial charge is 0.321 e. The van der Waals surface area contributed by atoms with Gasteiger partial charge in [-0.3, -0.25) is 4.79 Å². The van der Waals surface area contributed by atoms with Gasteiger partial charge in [0.1, 0.15) is 0 Å². The highest BCUT2D eigenvalue weighted by Crippen LogP contribution is 2.28. The minimum atomic E-state index is -1.10. The summed E-state index contributed by atoms with van der Waals surface area (Å²) in [6, 6.07) is 24.1. The quantitative estimate of drug-likeness (QED) is 0.583. The number of carbonyl (C=O) groups excluding carboxylic acids is 2. The van der Waals surface area contributed by atoms with Gasteiger partial charge < -0.3 is 21.3 Å². The fourth-order valence-electron chi connectivity index (χ4n) is 3.72. The predicted octanol–water partition coefficient (Wildman–Crippen LogP) is 3.29. The van der Waals surface area contributed by atoms with Gasteiger partial charge >= 0.3 is 6.03 Å². The molecule has 4 rings (SSSR count). The molecule has 0 spiro atoms. The van der Waals surface area contributed by atoms with Gasteiger partial charge in [-0.2, -0.15) is 0 Å². The molecular weight excluding hydrogens is 402 g/mol. The first-order chi connectivity index (χ1) is 15.6.